The van der Waals surface area contributed by atoms with Crippen LogP contribution in [-0.2, 0) is 9.53 Å². The van der Waals surface area contributed by atoms with E-state index in [1.165, 1.54) is 45.2 Å². The van der Waals surface area contributed by atoms with Gasteiger partial charge < -0.3 is 14.5 Å². The monoisotopic (exact) mass is 282 g/mol. The van der Waals surface area contributed by atoms with E-state index in [1.807, 2.05) is 18.7 Å². The van der Waals surface area contributed by atoms with E-state index in [0.717, 1.165) is 19.7 Å². The number of rotatable bonds is 6. The average molecular weight is 282 g/mol. The van der Waals surface area contributed by atoms with Crippen molar-refractivity contribution in [1.82, 2.24) is 9.80 Å². The van der Waals surface area contributed by atoms with Crippen LogP contribution < -0.4 is 0 Å². The lowest BCUT2D eigenvalue weighted by Crippen LogP contribution is -2.49. The Kier molecular flexibility index (Phi) is 6.30. The molecule has 0 aliphatic carbocycles. The Morgan fingerprint density at radius 2 is 1.90 bits per heavy atom. The number of hydrogen-bond donors (Lipinski definition) is 0. The molecule has 4 nitrogen and oxygen atoms in total. The number of hydrogen-bond acceptors (Lipinski definition) is 3. The average Bonchev–Trinajstić information content (AvgIpc) is 2.49. The number of nitrogens with zero attached hydrogens (tertiary/aromatic N) is 2. The van der Waals surface area contributed by atoms with Crippen LogP contribution in [0.3, 0.4) is 0 Å². The van der Waals surface area contributed by atoms with Gasteiger partial charge in [0.05, 0.1) is 6.61 Å². The highest BCUT2D eigenvalue weighted by Gasteiger charge is 2.33. The van der Waals surface area contributed by atoms with E-state index < -0.39 is 0 Å². The predicted molar refractivity (Wildman–Crippen MR) is 80.7 cm³/mol. The fraction of sp³-hybridized carbons (Fsp3) is 0.938. The molecule has 0 aromatic heterocycles. The van der Waals surface area contributed by atoms with Gasteiger partial charge in [0.25, 0.3) is 0 Å². The minimum absolute atomic E-state index is 0.131. The van der Waals surface area contributed by atoms with Gasteiger partial charge >= 0.3 is 0 Å². The first kappa shape index (κ1) is 15.8. The van der Waals surface area contributed by atoms with Crippen molar-refractivity contribution < 1.29 is 9.53 Å². The Morgan fingerprint density at radius 3 is 2.65 bits per heavy atom. The van der Waals surface area contributed by atoms with Crippen LogP contribution in [0.15, 0.2) is 0 Å². The molecule has 0 radical (unpaired) electrons. The fourth-order valence-corrected chi connectivity index (χ4v) is 3.74. The quantitative estimate of drug-likeness (QED) is 0.748. The Balaban J connectivity index is 1.74. The van der Waals surface area contributed by atoms with E-state index in [0.29, 0.717) is 12.0 Å². The van der Waals surface area contributed by atoms with Crippen LogP contribution in [0.25, 0.3) is 0 Å². The van der Waals surface area contributed by atoms with Gasteiger partial charge in [-0.05, 0) is 58.5 Å². The van der Waals surface area contributed by atoms with Crippen molar-refractivity contribution in [2.45, 2.75) is 52.0 Å². The summed E-state index contributed by atoms with van der Waals surface area (Å²) < 4.78 is 5.75. The molecular weight excluding hydrogens is 252 g/mol. The first-order valence-electron chi connectivity index (χ1n) is 8.35. The summed E-state index contributed by atoms with van der Waals surface area (Å²) in [7, 11) is 0. The molecule has 2 aliphatic rings. The molecule has 2 atom stereocenters. The van der Waals surface area contributed by atoms with Crippen LogP contribution in [0.5, 0.6) is 0 Å². The molecule has 1 amide bonds. The number of ether oxygens (including phenoxy) is 1. The predicted octanol–water partition coefficient (Wildman–Crippen LogP) is 2.14. The standard InChI is InChI=1S/C16H30N2O2/c1-3-17(4-2)16(19)13-20-12-14-8-7-11-18-10-6-5-9-15(14)18/h14-15H,3-13H2,1-2H3/t14-,15+/m1/s1. The Hall–Kier alpha value is -0.610. The molecule has 4 heteroatoms. The lowest BCUT2D eigenvalue weighted by molar-refractivity contribution is -0.136. The highest BCUT2D eigenvalue weighted by Crippen LogP contribution is 2.30. The normalized spacial score (nSPS) is 27.1. The van der Waals surface area contributed by atoms with Crippen molar-refractivity contribution in [2.24, 2.45) is 5.92 Å². The fourth-order valence-electron chi connectivity index (χ4n) is 3.74. The van der Waals surface area contributed by atoms with Gasteiger partial charge in [0, 0.05) is 19.1 Å². The highest BCUT2D eigenvalue weighted by molar-refractivity contribution is 5.77. The summed E-state index contributed by atoms with van der Waals surface area (Å²) in [6, 6.07) is 0.709. The van der Waals surface area contributed by atoms with Crippen LogP contribution in [0.2, 0.25) is 0 Å². The lowest BCUT2D eigenvalue weighted by Gasteiger charge is -2.44. The van der Waals surface area contributed by atoms with Crippen molar-refractivity contribution >= 4 is 5.91 Å². The zero-order valence-corrected chi connectivity index (χ0v) is 13.1. The number of piperidine rings is 2. The molecule has 2 aliphatic heterocycles. The van der Waals surface area contributed by atoms with E-state index in [9.17, 15) is 4.79 Å². The molecular formula is C16H30N2O2. The molecule has 0 N–H and O–H groups in total. The third kappa shape index (κ3) is 3.95. The van der Waals surface area contributed by atoms with Crippen LogP contribution >= 0.6 is 0 Å². The maximum absolute atomic E-state index is 11.9. The summed E-state index contributed by atoms with van der Waals surface area (Å²) >= 11 is 0. The zero-order valence-electron chi connectivity index (χ0n) is 13.1. The number of amides is 1. The lowest BCUT2D eigenvalue weighted by atomic mass is 9.84. The Labute approximate surface area is 123 Å². The van der Waals surface area contributed by atoms with Gasteiger partial charge in [-0.1, -0.05) is 6.42 Å². The minimum atomic E-state index is 0.131. The summed E-state index contributed by atoms with van der Waals surface area (Å²) in [5.41, 5.74) is 0. The molecule has 116 valence electrons. The van der Waals surface area contributed by atoms with Crippen LogP contribution in [0.4, 0.5) is 0 Å². The van der Waals surface area contributed by atoms with Gasteiger partial charge in [0.1, 0.15) is 6.61 Å². The van der Waals surface area contributed by atoms with E-state index in [-0.39, 0.29) is 12.5 Å². The molecule has 0 aromatic rings. The van der Waals surface area contributed by atoms with Crippen LogP contribution in [0, 0.1) is 5.92 Å². The van der Waals surface area contributed by atoms with Gasteiger partial charge in [-0.2, -0.15) is 0 Å². The van der Waals surface area contributed by atoms with Crippen molar-refractivity contribution in [3.8, 4) is 0 Å². The SMILES string of the molecule is CCN(CC)C(=O)COC[C@H]1CCCN2CCCC[C@@H]12. The molecule has 2 fully saturated rings. The zero-order chi connectivity index (χ0) is 14.4. The third-order valence-corrected chi connectivity index (χ3v) is 4.90. The second-order valence-electron chi connectivity index (χ2n) is 6.08. The van der Waals surface area contributed by atoms with Gasteiger partial charge in [0.15, 0.2) is 0 Å². The number of fused-ring (bicyclic) bond motifs is 1. The maximum Gasteiger partial charge on any atom is 0.248 e. The maximum atomic E-state index is 11.9. The number of carbonyl (C=O) groups is 1. The van der Waals surface area contributed by atoms with E-state index in [4.69, 9.17) is 4.74 Å². The van der Waals surface area contributed by atoms with E-state index in [2.05, 4.69) is 4.90 Å². The molecule has 0 saturated carbocycles. The third-order valence-electron chi connectivity index (χ3n) is 4.90. The summed E-state index contributed by atoms with van der Waals surface area (Å²) in [6.07, 6.45) is 6.58. The summed E-state index contributed by atoms with van der Waals surface area (Å²) in [5, 5.41) is 0. The van der Waals surface area contributed by atoms with Crippen molar-refractivity contribution in [1.29, 1.82) is 0 Å². The van der Waals surface area contributed by atoms with Crippen LogP contribution in [0.1, 0.15) is 46.0 Å². The highest BCUT2D eigenvalue weighted by atomic mass is 16.5. The molecule has 2 rings (SSSR count). The largest absolute Gasteiger partial charge is 0.371 e. The molecule has 0 unspecified atom stereocenters. The molecule has 20 heavy (non-hydrogen) atoms. The van der Waals surface area contributed by atoms with Crippen LogP contribution in [-0.4, -0.2) is 61.1 Å². The number of carbonyl (C=O) groups excluding carboxylic acids is 1. The smallest absolute Gasteiger partial charge is 0.248 e. The molecule has 0 spiro atoms. The van der Waals surface area contributed by atoms with Gasteiger partial charge in [-0.25, -0.2) is 0 Å². The van der Waals surface area contributed by atoms with E-state index in [1.54, 1.807) is 0 Å². The first-order chi connectivity index (χ1) is 9.76. The Bertz CT molecular complexity index is 303. The molecule has 2 heterocycles. The van der Waals surface area contributed by atoms with E-state index >= 15 is 0 Å². The Morgan fingerprint density at radius 1 is 1.15 bits per heavy atom. The summed E-state index contributed by atoms with van der Waals surface area (Å²) in [6.45, 7) is 9.13. The second kappa shape index (κ2) is 7.99. The van der Waals surface area contributed by atoms with Gasteiger partial charge in [-0.15, -0.1) is 0 Å². The summed E-state index contributed by atoms with van der Waals surface area (Å²) in [4.78, 5) is 16.4. The molecule has 0 aromatic carbocycles. The summed E-state index contributed by atoms with van der Waals surface area (Å²) in [5.74, 6) is 0.764. The van der Waals surface area contributed by atoms with Crippen molar-refractivity contribution in [3.05, 3.63) is 0 Å². The second-order valence-corrected chi connectivity index (χ2v) is 6.08. The molecule has 2 saturated heterocycles. The number of likely N-dealkylation sites (N-methyl/N-ethyl adjacent to an activating group) is 1. The molecule has 0 bridgehead atoms. The topological polar surface area (TPSA) is 32.8 Å². The van der Waals surface area contributed by atoms with Gasteiger partial charge in [0.2, 0.25) is 5.91 Å². The van der Waals surface area contributed by atoms with Crippen molar-refractivity contribution in [3.63, 3.8) is 0 Å². The minimum Gasteiger partial charge on any atom is -0.371 e. The van der Waals surface area contributed by atoms with Gasteiger partial charge in [-0.3, -0.25) is 4.79 Å². The van der Waals surface area contributed by atoms with Crippen molar-refractivity contribution in [2.75, 3.05) is 39.4 Å². The first-order valence-corrected chi connectivity index (χ1v) is 8.35.